The first-order valence-electron chi connectivity index (χ1n) is 23.5. The minimum absolute atomic E-state index is 0.633. The van der Waals surface area contributed by atoms with Crippen molar-refractivity contribution in [3.05, 3.63) is 265 Å². The third kappa shape index (κ3) is 7.16. The second-order valence-electron chi connectivity index (χ2n) is 17.5. The highest BCUT2D eigenvalue weighted by molar-refractivity contribution is 6.19. The van der Waals surface area contributed by atoms with E-state index in [2.05, 4.69) is 246 Å². The van der Waals surface area contributed by atoms with E-state index in [1.54, 1.807) is 0 Å². The first kappa shape index (κ1) is 40.1. The molecule has 9 aromatic carbocycles. The average Bonchev–Trinajstić information content (AvgIpc) is 3.84. The molecule has 5 heteroatoms. The molecule has 69 heavy (non-hydrogen) atoms. The lowest BCUT2D eigenvalue weighted by atomic mass is 9.97. The van der Waals surface area contributed by atoms with Crippen molar-refractivity contribution in [2.45, 2.75) is 6.42 Å². The second kappa shape index (κ2) is 16.9. The van der Waals surface area contributed by atoms with Gasteiger partial charge < -0.3 is 4.57 Å². The SMILES string of the molecule is C1=C(c2ccccc2)CC=C(c2cccc3c2c2cc(-c4ccc5c(c4)c4ccccc4n5-c4nc(-c5ccccc5)cc(-c5ccccc5)n4)ccc2n3-c2ccccc2)N=C1c1ccccc1. The summed E-state index contributed by atoms with van der Waals surface area (Å²) in [6.45, 7) is 0. The summed E-state index contributed by atoms with van der Waals surface area (Å²) in [6, 6.07) is 83.8. The highest BCUT2D eigenvalue weighted by Gasteiger charge is 2.22. The fourth-order valence-corrected chi connectivity index (χ4v) is 10.2. The highest BCUT2D eigenvalue weighted by atomic mass is 15.2. The summed E-state index contributed by atoms with van der Waals surface area (Å²) in [6.07, 6.45) is 5.33. The molecule has 0 fully saturated rings. The number of allylic oxidation sites excluding steroid dienone is 3. The van der Waals surface area contributed by atoms with Crippen molar-refractivity contribution in [1.82, 2.24) is 19.1 Å². The molecule has 0 aliphatic carbocycles. The average molecular weight is 882 g/mol. The Morgan fingerprint density at radius 2 is 0.884 bits per heavy atom. The van der Waals surface area contributed by atoms with Crippen LogP contribution < -0.4 is 0 Å². The van der Waals surface area contributed by atoms with Crippen LogP contribution in [0, 0.1) is 0 Å². The predicted molar refractivity (Wildman–Crippen MR) is 287 cm³/mol. The van der Waals surface area contributed by atoms with Gasteiger partial charge in [0.1, 0.15) is 0 Å². The third-order valence-corrected chi connectivity index (χ3v) is 13.4. The second-order valence-corrected chi connectivity index (χ2v) is 17.5. The molecule has 1 aliphatic heterocycles. The Kier molecular flexibility index (Phi) is 9.83. The van der Waals surface area contributed by atoms with Crippen LogP contribution in [0.4, 0.5) is 0 Å². The Morgan fingerprint density at radius 1 is 0.362 bits per heavy atom. The van der Waals surface area contributed by atoms with Gasteiger partial charge in [0.05, 0.1) is 44.9 Å². The fraction of sp³-hybridized carbons (Fsp3) is 0.0156. The standard InChI is InChI=1S/C64H43N5/c1-6-19-43(20-7-1)49-33-36-55(65-56(41-49)44-21-8-2-9-22-44)52-30-18-32-62-63(52)54-40-48(35-38-61(54)68(62)50-27-14-5-15-28-50)47-34-37-60-53(39-47)51-29-16-17-31-59(51)69(60)64-66-57(45-23-10-3-11-24-45)42-58(67-64)46-25-12-4-13-26-46/h1-32,34-42H,33H2. The van der Waals surface area contributed by atoms with E-state index in [-0.39, 0.29) is 0 Å². The molecule has 0 N–H and O–H groups in total. The summed E-state index contributed by atoms with van der Waals surface area (Å²) in [5, 5.41) is 4.62. The number of aliphatic imine (C=N–C) groups is 1. The summed E-state index contributed by atoms with van der Waals surface area (Å²) in [4.78, 5) is 16.1. The van der Waals surface area contributed by atoms with Gasteiger partial charge in [0.2, 0.25) is 5.95 Å². The van der Waals surface area contributed by atoms with E-state index in [1.807, 2.05) is 12.1 Å². The first-order valence-corrected chi connectivity index (χ1v) is 23.5. The first-order chi connectivity index (χ1) is 34.2. The van der Waals surface area contributed by atoms with E-state index < -0.39 is 0 Å². The molecule has 0 saturated carbocycles. The molecule has 0 radical (unpaired) electrons. The maximum absolute atomic E-state index is 5.53. The van der Waals surface area contributed by atoms with E-state index in [9.17, 15) is 0 Å². The van der Waals surface area contributed by atoms with Gasteiger partial charge in [-0.1, -0.05) is 188 Å². The molecule has 13 rings (SSSR count). The Labute approximate surface area is 400 Å². The molecule has 4 heterocycles. The van der Waals surface area contributed by atoms with Crippen molar-refractivity contribution in [1.29, 1.82) is 0 Å². The lowest BCUT2D eigenvalue weighted by Gasteiger charge is -2.12. The van der Waals surface area contributed by atoms with Crippen LogP contribution in [0.2, 0.25) is 0 Å². The molecule has 0 saturated heterocycles. The zero-order valence-corrected chi connectivity index (χ0v) is 37.6. The zero-order valence-electron chi connectivity index (χ0n) is 37.6. The quantitative estimate of drug-likeness (QED) is 0.153. The number of hydrogen-bond acceptors (Lipinski definition) is 3. The summed E-state index contributed by atoms with van der Waals surface area (Å²) in [5.74, 6) is 0.633. The highest BCUT2D eigenvalue weighted by Crippen LogP contribution is 2.42. The van der Waals surface area contributed by atoms with Crippen molar-refractivity contribution >= 4 is 60.6 Å². The summed E-state index contributed by atoms with van der Waals surface area (Å²) in [5.41, 5.74) is 18.1. The maximum Gasteiger partial charge on any atom is 0.235 e. The fourth-order valence-electron chi connectivity index (χ4n) is 10.2. The Hall–Kier alpha value is -9.19. The third-order valence-electron chi connectivity index (χ3n) is 13.4. The van der Waals surface area contributed by atoms with Crippen LogP contribution in [0.1, 0.15) is 23.1 Å². The molecule has 5 nitrogen and oxygen atoms in total. The van der Waals surface area contributed by atoms with Gasteiger partial charge >= 0.3 is 0 Å². The Balaban J connectivity index is 0.998. The molecule has 324 valence electrons. The van der Waals surface area contributed by atoms with Gasteiger partial charge in [-0.3, -0.25) is 4.57 Å². The van der Waals surface area contributed by atoms with Crippen LogP contribution in [0.25, 0.3) is 100 Å². The van der Waals surface area contributed by atoms with Gasteiger partial charge in [-0.25, -0.2) is 15.0 Å². The topological polar surface area (TPSA) is 48.0 Å². The van der Waals surface area contributed by atoms with E-state index in [4.69, 9.17) is 15.0 Å². The van der Waals surface area contributed by atoms with Crippen LogP contribution in [-0.4, -0.2) is 24.8 Å². The largest absolute Gasteiger partial charge is 0.309 e. The molecule has 0 spiro atoms. The van der Waals surface area contributed by atoms with Gasteiger partial charge in [0.25, 0.3) is 0 Å². The van der Waals surface area contributed by atoms with Gasteiger partial charge in [-0.2, -0.15) is 0 Å². The van der Waals surface area contributed by atoms with Crippen molar-refractivity contribution in [2.75, 3.05) is 0 Å². The lowest BCUT2D eigenvalue weighted by molar-refractivity contribution is 0.995. The van der Waals surface area contributed by atoms with Crippen LogP contribution in [0.5, 0.6) is 0 Å². The Bertz CT molecular complexity index is 3940. The van der Waals surface area contributed by atoms with Gasteiger partial charge in [-0.05, 0) is 89.4 Å². The Morgan fingerprint density at radius 3 is 1.54 bits per heavy atom. The van der Waals surface area contributed by atoms with Crippen molar-refractivity contribution in [3.63, 3.8) is 0 Å². The van der Waals surface area contributed by atoms with E-state index in [1.165, 1.54) is 21.9 Å². The minimum atomic E-state index is 0.633. The van der Waals surface area contributed by atoms with E-state index in [0.717, 1.165) is 101 Å². The monoisotopic (exact) mass is 881 g/mol. The minimum Gasteiger partial charge on any atom is -0.309 e. The van der Waals surface area contributed by atoms with Crippen molar-refractivity contribution in [2.24, 2.45) is 4.99 Å². The van der Waals surface area contributed by atoms with Crippen molar-refractivity contribution in [3.8, 4) is 45.3 Å². The maximum atomic E-state index is 5.53. The van der Waals surface area contributed by atoms with Crippen LogP contribution in [0.3, 0.4) is 0 Å². The van der Waals surface area contributed by atoms with Crippen molar-refractivity contribution < 1.29 is 0 Å². The number of aromatic nitrogens is 4. The number of hydrogen-bond donors (Lipinski definition) is 0. The number of nitrogens with zero attached hydrogens (tertiary/aromatic N) is 5. The summed E-state index contributed by atoms with van der Waals surface area (Å²) >= 11 is 0. The lowest BCUT2D eigenvalue weighted by Crippen LogP contribution is -2.03. The molecule has 3 aromatic heterocycles. The van der Waals surface area contributed by atoms with Crippen LogP contribution in [-0.2, 0) is 0 Å². The smallest absolute Gasteiger partial charge is 0.235 e. The molecule has 0 unspecified atom stereocenters. The summed E-state index contributed by atoms with van der Waals surface area (Å²) < 4.78 is 4.62. The number of benzene rings is 9. The van der Waals surface area contributed by atoms with E-state index in [0.29, 0.717) is 5.95 Å². The molecule has 0 bridgehead atoms. The van der Waals surface area contributed by atoms with Crippen LogP contribution in [0.15, 0.2) is 254 Å². The zero-order chi connectivity index (χ0) is 45.7. The van der Waals surface area contributed by atoms with Gasteiger partial charge in [0, 0.05) is 49.5 Å². The predicted octanol–water partition coefficient (Wildman–Crippen LogP) is 16.0. The molecular formula is C64H43N5. The number of rotatable bonds is 8. The molecule has 0 atom stereocenters. The van der Waals surface area contributed by atoms with Crippen LogP contribution >= 0.6 is 0 Å². The van der Waals surface area contributed by atoms with Gasteiger partial charge in [0.15, 0.2) is 0 Å². The normalized spacial score (nSPS) is 12.8. The number of fused-ring (bicyclic) bond motifs is 6. The molecule has 12 aromatic rings. The summed E-state index contributed by atoms with van der Waals surface area (Å²) in [7, 11) is 0. The number of para-hydroxylation sites is 2. The van der Waals surface area contributed by atoms with Gasteiger partial charge in [-0.15, -0.1) is 0 Å². The molecule has 0 amide bonds. The van der Waals surface area contributed by atoms with E-state index >= 15 is 0 Å². The molecular weight excluding hydrogens is 839 g/mol. The molecule has 1 aliphatic rings.